The molecule has 0 spiro atoms. The van der Waals surface area contributed by atoms with Crippen molar-refractivity contribution in [2.24, 2.45) is 0 Å². The van der Waals surface area contributed by atoms with Crippen molar-refractivity contribution in [1.82, 2.24) is 0 Å². The Kier molecular flexibility index (Phi) is 2.24. The number of esters is 2. The number of benzene rings is 1. The molecule has 6 heteroatoms. The number of fused-ring (bicyclic) bond motifs is 1. The summed E-state index contributed by atoms with van der Waals surface area (Å²) < 4.78 is 4.37. The topological polar surface area (TPSA) is 80.1 Å². The first kappa shape index (κ1) is 9.78. The highest BCUT2D eigenvalue weighted by atomic mass is 16.9. The predicted molar refractivity (Wildman–Crippen MR) is 47.2 cm³/mol. The molecule has 78 valence electrons. The average molecular weight is 209 g/mol. The van der Waals surface area contributed by atoms with Gasteiger partial charge >= 0.3 is 11.9 Å². The van der Waals surface area contributed by atoms with E-state index in [1.54, 1.807) is 0 Å². The van der Waals surface area contributed by atoms with Gasteiger partial charge in [0.2, 0.25) is 0 Å². The van der Waals surface area contributed by atoms with E-state index < -0.39 is 17.2 Å². The normalized spacial score (nSPS) is 16.1. The number of hydrogen-bond acceptors (Lipinski definition) is 5. The van der Waals surface area contributed by atoms with Crippen molar-refractivity contribution in [2.75, 3.05) is 7.11 Å². The smallest absolute Gasteiger partial charge is 0.347 e. The lowest BCUT2D eigenvalue weighted by Gasteiger charge is -2.16. The Morgan fingerprint density at radius 1 is 1.27 bits per heavy atom. The van der Waals surface area contributed by atoms with Crippen molar-refractivity contribution in [3.8, 4) is 0 Å². The van der Waals surface area contributed by atoms with E-state index in [1.807, 2.05) is 0 Å². The monoisotopic (exact) mass is 209 g/mol. The summed E-state index contributed by atoms with van der Waals surface area (Å²) in [4.78, 5) is 26.7. The van der Waals surface area contributed by atoms with Crippen molar-refractivity contribution >= 4 is 17.6 Å². The van der Waals surface area contributed by atoms with Gasteiger partial charge in [0.05, 0.1) is 18.2 Å². The van der Waals surface area contributed by atoms with Gasteiger partial charge in [0.1, 0.15) is 0 Å². The Morgan fingerprint density at radius 2 is 1.93 bits per heavy atom. The maximum Gasteiger partial charge on any atom is 0.347 e. The maximum absolute atomic E-state index is 11.1. The zero-order valence-corrected chi connectivity index (χ0v) is 7.77. The van der Waals surface area contributed by atoms with Gasteiger partial charge < -0.3 is 9.94 Å². The van der Waals surface area contributed by atoms with Crippen LogP contribution in [0, 0.1) is 5.21 Å². The fourth-order valence-electron chi connectivity index (χ4n) is 1.33. The maximum atomic E-state index is 11.1. The van der Waals surface area contributed by atoms with Crippen LogP contribution in [0.1, 0.15) is 20.7 Å². The minimum Gasteiger partial charge on any atom is -0.595 e. The van der Waals surface area contributed by atoms with E-state index in [0.29, 0.717) is 0 Å². The van der Waals surface area contributed by atoms with Crippen LogP contribution in [0.15, 0.2) is 18.2 Å². The molecule has 1 N–H and O–H groups in total. The van der Waals surface area contributed by atoms with Gasteiger partial charge in [0.15, 0.2) is 5.69 Å². The molecule has 1 atom stereocenters. The lowest BCUT2D eigenvalue weighted by Crippen LogP contribution is -3.00. The van der Waals surface area contributed by atoms with E-state index >= 15 is 0 Å². The SMILES string of the molecule is CO[NH+]([O-])c1ccc2c(c1)C(=O)OC2=O. The summed E-state index contributed by atoms with van der Waals surface area (Å²) in [5.74, 6) is -1.42. The van der Waals surface area contributed by atoms with Gasteiger partial charge in [-0.15, -0.1) is 0 Å². The van der Waals surface area contributed by atoms with Crippen LogP contribution in [-0.2, 0) is 9.57 Å². The molecule has 1 unspecified atom stereocenters. The van der Waals surface area contributed by atoms with Gasteiger partial charge in [-0.05, 0) is 6.07 Å². The molecule has 0 radical (unpaired) electrons. The van der Waals surface area contributed by atoms with Crippen molar-refractivity contribution in [1.29, 1.82) is 0 Å². The predicted octanol–water partition coefficient (Wildman–Crippen LogP) is -0.427. The van der Waals surface area contributed by atoms with E-state index in [2.05, 4.69) is 9.57 Å². The largest absolute Gasteiger partial charge is 0.595 e. The third kappa shape index (κ3) is 1.50. The minimum atomic E-state index is -0.735. The molecule has 0 amide bonds. The standard InChI is InChI=1S/C9H7NO5/c1-14-10(13)5-2-3-6-7(4-5)9(12)15-8(6)11/h2-4,10H,1H3. The second-order valence-corrected chi connectivity index (χ2v) is 2.93. The molecule has 1 heterocycles. The zero-order chi connectivity index (χ0) is 11.0. The third-order valence-electron chi connectivity index (χ3n) is 2.07. The number of ether oxygens (including phenoxy) is 1. The van der Waals surface area contributed by atoms with Crippen molar-refractivity contribution in [3.63, 3.8) is 0 Å². The quantitative estimate of drug-likeness (QED) is 0.406. The summed E-state index contributed by atoms with van der Waals surface area (Å²) in [6.07, 6.45) is 0. The van der Waals surface area contributed by atoms with Gasteiger partial charge in [0.25, 0.3) is 0 Å². The Balaban J connectivity index is 2.47. The molecule has 0 aliphatic carbocycles. The van der Waals surface area contributed by atoms with Crippen molar-refractivity contribution in [3.05, 3.63) is 34.5 Å². The van der Waals surface area contributed by atoms with Gasteiger partial charge in [-0.25, -0.2) is 14.4 Å². The van der Waals surface area contributed by atoms with Crippen LogP contribution in [0.4, 0.5) is 5.69 Å². The number of quaternary nitrogens is 1. The summed E-state index contributed by atoms with van der Waals surface area (Å²) in [6.45, 7) is 0. The van der Waals surface area contributed by atoms with Crippen LogP contribution in [0.2, 0.25) is 0 Å². The number of carbonyl (C=O) groups is 2. The summed E-state index contributed by atoms with van der Waals surface area (Å²) in [5.41, 5.74) is 0.485. The molecule has 0 saturated carbocycles. The molecule has 0 saturated heterocycles. The Bertz CT molecular complexity index is 442. The van der Waals surface area contributed by atoms with E-state index in [0.717, 1.165) is 0 Å². The fraction of sp³-hybridized carbons (Fsp3) is 0.111. The highest BCUT2D eigenvalue weighted by Crippen LogP contribution is 2.21. The van der Waals surface area contributed by atoms with Crippen LogP contribution >= 0.6 is 0 Å². The summed E-state index contributed by atoms with van der Waals surface area (Å²) in [6, 6.07) is 4.06. The van der Waals surface area contributed by atoms with E-state index in [1.165, 1.54) is 25.3 Å². The minimum absolute atomic E-state index is 0.0999. The molecule has 2 rings (SSSR count). The van der Waals surface area contributed by atoms with Gasteiger partial charge in [0, 0.05) is 12.1 Å². The second kappa shape index (κ2) is 3.43. The summed E-state index contributed by atoms with van der Waals surface area (Å²) in [7, 11) is 1.24. The van der Waals surface area contributed by atoms with E-state index in [-0.39, 0.29) is 16.8 Å². The van der Waals surface area contributed by atoms with Gasteiger partial charge in [-0.1, -0.05) is 0 Å². The number of rotatable bonds is 2. The fourth-order valence-corrected chi connectivity index (χ4v) is 1.33. The van der Waals surface area contributed by atoms with Crippen LogP contribution < -0.4 is 5.23 Å². The highest BCUT2D eigenvalue weighted by Gasteiger charge is 2.30. The van der Waals surface area contributed by atoms with E-state index in [9.17, 15) is 14.8 Å². The first-order chi connectivity index (χ1) is 7.13. The van der Waals surface area contributed by atoms with Crippen LogP contribution in [0.5, 0.6) is 0 Å². The molecule has 1 aromatic carbocycles. The number of carbonyl (C=O) groups excluding carboxylic acids is 2. The molecule has 0 fully saturated rings. The number of nitrogens with one attached hydrogen (secondary N) is 1. The first-order valence-electron chi connectivity index (χ1n) is 4.12. The Hall–Kier alpha value is -1.76. The lowest BCUT2D eigenvalue weighted by atomic mass is 10.1. The van der Waals surface area contributed by atoms with Crippen LogP contribution in [-0.4, -0.2) is 19.0 Å². The highest BCUT2D eigenvalue weighted by molar-refractivity contribution is 6.14. The first-order valence-corrected chi connectivity index (χ1v) is 4.12. The molecule has 1 aliphatic rings. The lowest BCUT2D eigenvalue weighted by molar-refractivity contribution is -0.992. The molecular weight excluding hydrogens is 202 g/mol. The van der Waals surface area contributed by atoms with E-state index in [4.69, 9.17) is 0 Å². The second-order valence-electron chi connectivity index (χ2n) is 2.93. The number of cyclic esters (lactones) is 2. The molecule has 0 aromatic heterocycles. The molecule has 0 bridgehead atoms. The molecule has 15 heavy (non-hydrogen) atoms. The summed E-state index contributed by atoms with van der Waals surface area (Å²) >= 11 is 0. The average Bonchev–Trinajstić information content (AvgIpc) is 2.53. The summed E-state index contributed by atoms with van der Waals surface area (Å²) in [5, 5.41) is 10.6. The van der Waals surface area contributed by atoms with Gasteiger partial charge in [-0.2, -0.15) is 5.23 Å². The Labute approximate surface area is 84.5 Å². The van der Waals surface area contributed by atoms with Crippen molar-refractivity contribution in [2.45, 2.75) is 0 Å². The van der Waals surface area contributed by atoms with Gasteiger partial charge in [-0.3, -0.25) is 0 Å². The van der Waals surface area contributed by atoms with Crippen LogP contribution in [0.25, 0.3) is 0 Å². The molecule has 1 aromatic rings. The van der Waals surface area contributed by atoms with Crippen molar-refractivity contribution < 1.29 is 24.4 Å². The zero-order valence-electron chi connectivity index (χ0n) is 7.77. The molecule has 6 nitrogen and oxygen atoms in total. The van der Waals surface area contributed by atoms with Crippen LogP contribution in [0.3, 0.4) is 0 Å². The molecular formula is C9H7NO5. The Morgan fingerprint density at radius 3 is 2.60 bits per heavy atom. The third-order valence-corrected chi connectivity index (χ3v) is 2.07. The number of hydrogen-bond donors (Lipinski definition) is 1. The molecule has 1 aliphatic heterocycles.